The van der Waals surface area contributed by atoms with E-state index in [9.17, 15) is 9.18 Å². The lowest BCUT2D eigenvalue weighted by Gasteiger charge is -2.25. The van der Waals surface area contributed by atoms with E-state index in [1.54, 1.807) is 12.1 Å². The Bertz CT molecular complexity index is 385. The van der Waals surface area contributed by atoms with Gasteiger partial charge in [-0.25, -0.2) is 4.39 Å². The molecule has 0 saturated heterocycles. The molecule has 0 aliphatic heterocycles. The number of hydrogen-bond acceptors (Lipinski definition) is 1. The van der Waals surface area contributed by atoms with Crippen LogP contribution in [-0.4, -0.2) is 18.1 Å². The molecule has 1 N–H and O–H groups in total. The van der Waals surface area contributed by atoms with Gasteiger partial charge in [-0.1, -0.05) is 15.9 Å². The summed E-state index contributed by atoms with van der Waals surface area (Å²) in [5.74, 6) is -0.0696. The molecule has 0 radical (unpaired) electrons. The van der Waals surface area contributed by atoms with E-state index in [1.807, 2.05) is 12.1 Å². The number of amides is 1. The number of hydrogen-bond donors (Lipinski definition) is 1. The molecule has 0 spiro atoms. The molecule has 0 unspecified atom stereocenters. The average Bonchev–Trinajstić information content (AvgIpc) is 2.33. The molecule has 0 bridgehead atoms. The average molecular weight is 300 g/mol. The third kappa shape index (κ3) is 3.53. The zero-order valence-electron chi connectivity index (χ0n) is 9.46. The third-order valence-corrected chi connectivity index (χ3v) is 3.63. The van der Waals surface area contributed by atoms with E-state index in [2.05, 4.69) is 21.2 Å². The second-order valence-electron chi connectivity index (χ2n) is 4.43. The molecule has 1 fully saturated rings. The quantitative estimate of drug-likeness (QED) is 0.890. The molecule has 1 aliphatic carbocycles. The van der Waals surface area contributed by atoms with Crippen molar-refractivity contribution in [3.05, 3.63) is 34.3 Å². The van der Waals surface area contributed by atoms with E-state index in [4.69, 9.17) is 0 Å². The second kappa shape index (κ2) is 5.63. The molecule has 2 nitrogen and oxygen atoms in total. The lowest BCUT2D eigenvalue weighted by Crippen LogP contribution is -2.37. The monoisotopic (exact) mass is 299 g/mol. The molecule has 1 aromatic rings. The molecule has 0 aromatic heterocycles. The van der Waals surface area contributed by atoms with Crippen LogP contribution in [0.15, 0.2) is 28.7 Å². The second-order valence-corrected chi connectivity index (χ2v) is 5.34. The van der Waals surface area contributed by atoms with Gasteiger partial charge in [-0.3, -0.25) is 4.79 Å². The standard InChI is InChI=1S/C13H15BrFNO/c14-10-3-1-9(2-4-10)13(17)16-12-7-5-11(15)6-8-12/h1-4,11-12H,5-8H2,(H,16,17). The molecular formula is C13H15BrFNO. The van der Waals surface area contributed by atoms with Crippen molar-refractivity contribution in [1.29, 1.82) is 0 Å². The van der Waals surface area contributed by atoms with E-state index in [0.717, 1.165) is 17.3 Å². The number of halogens is 2. The highest BCUT2D eigenvalue weighted by Crippen LogP contribution is 2.21. The maximum absolute atomic E-state index is 12.9. The van der Waals surface area contributed by atoms with E-state index in [1.165, 1.54) is 0 Å². The number of nitrogens with one attached hydrogen (secondary N) is 1. The predicted octanol–water partition coefficient (Wildman–Crippen LogP) is 3.46. The molecule has 4 heteroatoms. The summed E-state index contributed by atoms with van der Waals surface area (Å²) in [5, 5.41) is 2.95. The van der Waals surface area contributed by atoms with Crippen molar-refractivity contribution < 1.29 is 9.18 Å². The molecular weight excluding hydrogens is 285 g/mol. The van der Waals surface area contributed by atoms with Crippen LogP contribution < -0.4 is 5.32 Å². The molecule has 2 rings (SSSR count). The van der Waals surface area contributed by atoms with Gasteiger partial charge >= 0.3 is 0 Å². The highest BCUT2D eigenvalue weighted by atomic mass is 79.9. The van der Waals surface area contributed by atoms with Crippen molar-refractivity contribution in [3.63, 3.8) is 0 Å². The van der Waals surface area contributed by atoms with Gasteiger partial charge < -0.3 is 5.32 Å². The van der Waals surface area contributed by atoms with Gasteiger partial charge in [-0.2, -0.15) is 0 Å². The number of rotatable bonds is 2. The van der Waals surface area contributed by atoms with E-state index >= 15 is 0 Å². The first-order chi connectivity index (χ1) is 8.15. The van der Waals surface area contributed by atoms with Crippen LogP contribution in [0.25, 0.3) is 0 Å². The fraction of sp³-hybridized carbons (Fsp3) is 0.462. The smallest absolute Gasteiger partial charge is 0.251 e. The summed E-state index contributed by atoms with van der Waals surface area (Å²) in [6.45, 7) is 0. The first-order valence-electron chi connectivity index (χ1n) is 5.85. The van der Waals surface area contributed by atoms with Gasteiger partial charge in [-0.05, 0) is 49.9 Å². The zero-order valence-corrected chi connectivity index (χ0v) is 11.0. The summed E-state index contributed by atoms with van der Waals surface area (Å²) in [4.78, 5) is 11.9. The van der Waals surface area contributed by atoms with Crippen LogP contribution in [0.1, 0.15) is 36.0 Å². The van der Waals surface area contributed by atoms with Crippen LogP contribution in [0.3, 0.4) is 0 Å². The first kappa shape index (κ1) is 12.6. The van der Waals surface area contributed by atoms with E-state index < -0.39 is 6.17 Å². The van der Waals surface area contributed by atoms with E-state index in [0.29, 0.717) is 18.4 Å². The van der Waals surface area contributed by atoms with Crippen LogP contribution in [-0.2, 0) is 0 Å². The number of carbonyl (C=O) groups is 1. The fourth-order valence-corrected chi connectivity index (χ4v) is 2.33. The van der Waals surface area contributed by atoms with E-state index in [-0.39, 0.29) is 11.9 Å². The minimum Gasteiger partial charge on any atom is -0.349 e. The summed E-state index contributed by atoms with van der Waals surface area (Å²) in [6, 6.07) is 7.36. The summed E-state index contributed by atoms with van der Waals surface area (Å²) in [7, 11) is 0. The lowest BCUT2D eigenvalue weighted by molar-refractivity contribution is 0.0916. The van der Waals surface area contributed by atoms with Gasteiger partial charge in [0.05, 0.1) is 0 Å². The van der Waals surface area contributed by atoms with Gasteiger partial charge in [0, 0.05) is 16.1 Å². The van der Waals surface area contributed by atoms with Gasteiger partial charge in [-0.15, -0.1) is 0 Å². The summed E-state index contributed by atoms with van der Waals surface area (Å²) in [6.07, 6.45) is 1.92. The summed E-state index contributed by atoms with van der Waals surface area (Å²) in [5.41, 5.74) is 0.649. The van der Waals surface area contributed by atoms with Crippen LogP contribution in [0.4, 0.5) is 4.39 Å². The Morgan fingerprint density at radius 2 is 1.76 bits per heavy atom. The Morgan fingerprint density at radius 3 is 2.35 bits per heavy atom. The van der Waals surface area contributed by atoms with Crippen molar-refractivity contribution in [1.82, 2.24) is 5.32 Å². The van der Waals surface area contributed by atoms with Gasteiger partial charge in [0.15, 0.2) is 0 Å². The van der Waals surface area contributed by atoms with Crippen molar-refractivity contribution >= 4 is 21.8 Å². The molecule has 1 amide bonds. The molecule has 17 heavy (non-hydrogen) atoms. The fourth-order valence-electron chi connectivity index (χ4n) is 2.07. The normalized spacial score (nSPS) is 24.4. The molecule has 1 aliphatic rings. The van der Waals surface area contributed by atoms with Gasteiger partial charge in [0.2, 0.25) is 0 Å². The maximum Gasteiger partial charge on any atom is 0.251 e. The Balaban J connectivity index is 1.91. The minimum absolute atomic E-state index is 0.0696. The Morgan fingerprint density at radius 1 is 1.18 bits per heavy atom. The van der Waals surface area contributed by atoms with Crippen molar-refractivity contribution in [2.75, 3.05) is 0 Å². The van der Waals surface area contributed by atoms with Crippen LogP contribution in [0, 0.1) is 0 Å². The van der Waals surface area contributed by atoms with Crippen molar-refractivity contribution in [3.8, 4) is 0 Å². The lowest BCUT2D eigenvalue weighted by atomic mass is 9.94. The first-order valence-corrected chi connectivity index (χ1v) is 6.65. The van der Waals surface area contributed by atoms with Gasteiger partial charge in [0.1, 0.15) is 6.17 Å². The summed E-state index contributed by atoms with van der Waals surface area (Å²) < 4.78 is 13.9. The Kier molecular flexibility index (Phi) is 4.15. The zero-order chi connectivity index (χ0) is 12.3. The Labute approximate surface area is 109 Å². The number of benzene rings is 1. The van der Waals surface area contributed by atoms with Crippen molar-refractivity contribution in [2.45, 2.75) is 37.9 Å². The molecule has 0 atom stereocenters. The van der Waals surface area contributed by atoms with Crippen LogP contribution in [0.2, 0.25) is 0 Å². The largest absolute Gasteiger partial charge is 0.349 e. The molecule has 92 valence electrons. The Hall–Kier alpha value is -0.900. The molecule has 0 heterocycles. The molecule has 1 saturated carbocycles. The number of alkyl halides is 1. The minimum atomic E-state index is -0.684. The van der Waals surface area contributed by atoms with Crippen LogP contribution >= 0.6 is 15.9 Å². The number of carbonyl (C=O) groups excluding carboxylic acids is 1. The van der Waals surface area contributed by atoms with Gasteiger partial charge in [0.25, 0.3) is 5.91 Å². The highest BCUT2D eigenvalue weighted by Gasteiger charge is 2.22. The summed E-state index contributed by atoms with van der Waals surface area (Å²) >= 11 is 3.33. The predicted molar refractivity (Wildman–Crippen MR) is 68.8 cm³/mol. The molecule has 1 aromatic carbocycles. The van der Waals surface area contributed by atoms with Crippen LogP contribution in [0.5, 0.6) is 0 Å². The topological polar surface area (TPSA) is 29.1 Å². The SMILES string of the molecule is O=C(NC1CCC(F)CC1)c1ccc(Br)cc1. The third-order valence-electron chi connectivity index (χ3n) is 3.10. The highest BCUT2D eigenvalue weighted by molar-refractivity contribution is 9.10. The van der Waals surface area contributed by atoms with Crippen molar-refractivity contribution in [2.24, 2.45) is 0 Å². The maximum atomic E-state index is 12.9.